The Balaban J connectivity index is 0.00000392. The molecule has 0 spiro atoms. The molecule has 0 unspecified atom stereocenters. The van der Waals surface area contributed by atoms with Crippen molar-refractivity contribution in [2.75, 3.05) is 46.7 Å². The first kappa shape index (κ1) is 24.8. The van der Waals surface area contributed by atoms with Gasteiger partial charge in [-0.3, -0.25) is 4.99 Å². The van der Waals surface area contributed by atoms with Gasteiger partial charge in [0.2, 0.25) is 0 Å². The number of aliphatic imine (C=N–C) groups is 1. The van der Waals surface area contributed by atoms with Crippen molar-refractivity contribution in [2.45, 2.75) is 31.4 Å². The van der Waals surface area contributed by atoms with Gasteiger partial charge < -0.3 is 19.7 Å². The Labute approximate surface area is 185 Å². The fraction of sp³-hybridized carbons (Fsp3) is 0.632. The van der Waals surface area contributed by atoms with Gasteiger partial charge in [-0.15, -0.1) is 24.0 Å². The number of ether oxygens (including phenoxy) is 2. The van der Waals surface area contributed by atoms with E-state index in [2.05, 4.69) is 10.3 Å². The maximum atomic E-state index is 12.2. The summed E-state index contributed by atoms with van der Waals surface area (Å²) in [5, 5.41) is 3.35. The normalized spacial score (nSPS) is 18.2. The summed E-state index contributed by atoms with van der Waals surface area (Å²) in [6.45, 7) is 5.23. The zero-order valence-corrected chi connectivity index (χ0v) is 20.5. The van der Waals surface area contributed by atoms with E-state index in [1.54, 1.807) is 35.1 Å². The van der Waals surface area contributed by atoms with E-state index < -0.39 is 14.6 Å². The van der Waals surface area contributed by atoms with Gasteiger partial charge in [-0.2, -0.15) is 0 Å². The Kier molecular flexibility index (Phi) is 9.32. The van der Waals surface area contributed by atoms with Crippen LogP contribution in [0, 0.1) is 0 Å². The van der Waals surface area contributed by atoms with E-state index in [1.165, 1.54) is 5.56 Å². The molecule has 1 aromatic rings. The average molecular weight is 525 g/mol. The van der Waals surface area contributed by atoms with Crippen LogP contribution in [0.1, 0.15) is 25.8 Å². The fourth-order valence-corrected chi connectivity index (χ4v) is 4.55. The second-order valence-corrected chi connectivity index (χ2v) is 10.0. The van der Waals surface area contributed by atoms with Gasteiger partial charge in [0.05, 0.1) is 24.7 Å². The molecule has 1 aromatic carbocycles. The zero-order chi connectivity index (χ0) is 20.1. The van der Waals surface area contributed by atoms with Crippen LogP contribution in [0.15, 0.2) is 23.2 Å². The zero-order valence-electron chi connectivity index (χ0n) is 17.3. The number of hydrogen-bond acceptors (Lipinski definition) is 5. The van der Waals surface area contributed by atoms with Gasteiger partial charge in [-0.1, -0.05) is 6.07 Å². The van der Waals surface area contributed by atoms with Crippen LogP contribution < -0.4 is 14.8 Å². The van der Waals surface area contributed by atoms with E-state index >= 15 is 0 Å². The molecule has 1 saturated heterocycles. The first-order chi connectivity index (χ1) is 12.7. The molecule has 1 fully saturated rings. The topological polar surface area (TPSA) is 80.2 Å². The molecule has 0 atom stereocenters. The molecular formula is C19H32IN3O4S. The molecule has 1 N–H and O–H groups in total. The summed E-state index contributed by atoms with van der Waals surface area (Å²) >= 11 is 0. The van der Waals surface area contributed by atoms with E-state index in [1.807, 2.05) is 23.1 Å². The molecule has 0 saturated carbocycles. The number of nitrogens with one attached hydrogen (secondary N) is 1. The quantitative estimate of drug-likeness (QED) is 0.266. The van der Waals surface area contributed by atoms with Crippen LogP contribution >= 0.6 is 24.0 Å². The summed E-state index contributed by atoms with van der Waals surface area (Å²) in [7, 11) is 1.93. The number of rotatable bonds is 6. The second kappa shape index (κ2) is 10.5. The highest BCUT2D eigenvalue weighted by Gasteiger charge is 2.40. The number of benzene rings is 1. The summed E-state index contributed by atoms with van der Waals surface area (Å²) in [6.07, 6.45) is 1.81. The van der Waals surface area contributed by atoms with Crippen LogP contribution in [0.3, 0.4) is 0 Å². The maximum absolute atomic E-state index is 12.2. The summed E-state index contributed by atoms with van der Waals surface area (Å²) < 4.78 is 34.2. The molecule has 1 aliphatic heterocycles. The third kappa shape index (κ3) is 5.88. The average Bonchev–Trinajstić information content (AvgIpc) is 2.64. The summed E-state index contributed by atoms with van der Waals surface area (Å²) in [5.74, 6) is 2.37. The molecule has 0 aromatic heterocycles. The van der Waals surface area contributed by atoms with Crippen LogP contribution in [0.2, 0.25) is 0 Å². The van der Waals surface area contributed by atoms with Crippen molar-refractivity contribution in [1.82, 2.24) is 10.2 Å². The lowest BCUT2D eigenvalue weighted by molar-refractivity contribution is 0.353. The second-order valence-electron chi connectivity index (χ2n) is 7.27. The van der Waals surface area contributed by atoms with Crippen molar-refractivity contribution in [2.24, 2.45) is 4.99 Å². The Hall–Kier alpha value is -1.23. The van der Waals surface area contributed by atoms with E-state index in [0.717, 1.165) is 36.8 Å². The first-order valence-corrected chi connectivity index (χ1v) is 10.8. The van der Waals surface area contributed by atoms with Crippen LogP contribution in [-0.4, -0.2) is 70.7 Å². The molecule has 9 heteroatoms. The maximum Gasteiger partial charge on any atom is 0.193 e. The summed E-state index contributed by atoms with van der Waals surface area (Å²) in [4.78, 5) is 6.35. The lowest BCUT2D eigenvalue weighted by atomic mass is 10.1. The number of guanidine groups is 1. The van der Waals surface area contributed by atoms with Gasteiger partial charge in [-0.05, 0) is 44.4 Å². The van der Waals surface area contributed by atoms with Crippen LogP contribution in [0.25, 0.3) is 0 Å². The minimum Gasteiger partial charge on any atom is -0.493 e. The molecule has 1 aliphatic rings. The monoisotopic (exact) mass is 525 g/mol. The van der Waals surface area contributed by atoms with Crippen LogP contribution in [0.4, 0.5) is 0 Å². The predicted molar refractivity (Wildman–Crippen MR) is 124 cm³/mol. The number of hydrogen-bond donors (Lipinski definition) is 1. The molecule has 1 heterocycles. The fourth-order valence-electron chi connectivity index (χ4n) is 3.19. The molecular weight excluding hydrogens is 493 g/mol. The van der Waals surface area contributed by atoms with Crippen molar-refractivity contribution >= 4 is 39.8 Å². The van der Waals surface area contributed by atoms with E-state index in [0.29, 0.717) is 13.1 Å². The molecule has 0 aliphatic carbocycles. The van der Waals surface area contributed by atoms with E-state index in [9.17, 15) is 8.42 Å². The third-order valence-corrected chi connectivity index (χ3v) is 7.46. The lowest BCUT2D eigenvalue weighted by Crippen LogP contribution is -2.57. The third-order valence-electron chi connectivity index (χ3n) is 4.93. The number of sulfone groups is 1. The van der Waals surface area contributed by atoms with Crippen molar-refractivity contribution < 1.29 is 17.9 Å². The molecule has 160 valence electrons. The van der Waals surface area contributed by atoms with Gasteiger partial charge in [0, 0.05) is 26.7 Å². The molecule has 7 nitrogen and oxygen atoms in total. The van der Waals surface area contributed by atoms with Gasteiger partial charge in [0.25, 0.3) is 0 Å². The lowest BCUT2D eigenvalue weighted by Gasteiger charge is -2.39. The Morgan fingerprint density at radius 1 is 1.25 bits per heavy atom. The molecule has 2 rings (SSSR count). The van der Waals surface area contributed by atoms with Crippen molar-refractivity contribution in [1.29, 1.82) is 0 Å². The first-order valence-electron chi connectivity index (χ1n) is 9.13. The highest BCUT2D eigenvalue weighted by molar-refractivity contribution is 14.0. The minimum atomic E-state index is -3.06. The number of nitrogens with zero attached hydrogens (tertiary/aromatic N) is 2. The molecule has 0 amide bonds. The van der Waals surface area contributed by atoms with Crippen LogP contribution in [0.5, 0.6) is 11.5 Å². The molecule has 0 radical (unpaired) electrons. The summed E-state index contributed by atoms with van der Waals surface area (Å²) in [6, 6.07) is 5.94. The van der Waals surface area contributed by atoms with Gasteiger partial charge in [-0.25, -0.2) is 8.42 Å². The highest BCUT2D eigenvalue weighted by atomic mass is 127. The van der Waals surface area contributed by atoms with Crippen molar-refractivity contribution in [3.63, 3.8) is 0 Å². The largest absolute Gasteiger partial charge is 0.493 e. The number of methoxy groups -OCH3 is 2. The van der Waals surface area contributed by atoms with E-state index in [4.69, 9.17) is 9.47 Å². The smallest absolute Gasteiger partial charge is 0.193 e. The van der Waals surface area contributed by atoms with Crippen molar-refractivity contribution in [3.05, 3.63) is 23.8 Å². The standard InChI is InChI=1S/C19H31N3O4S.HI/c1-19(2)14-22(11-12-27(19,23)24)18(20-3)21-10-6-7-15-8-9-16(25-4)17(13-15)26-5;/h8-9,13H,6-7,10-12,14H2,1-5H3,(H,20,21);1H. The van der Waals surface area contributed by atoms with E-state index in [-0.39, 0.29) is 29.7 Å². The van der Waals surface area contributed by atoms with Crippen LogP contribution in [-0.2, 0) is 16.3 Å². The Morgan fingerprint density at radius 2 is 1.93 bits per heavy atom. The molecule has 28 heavy (non-hydrogen) atoms. The van der Waals surface area contributed by atoms with Crippen molar-refractivity contribution in [3.8, 4) is 11.5 Å². The predicted octanol–water partition coefficient (Wildman–Crippen LogP) is 2.34. The SMILES string of the molecule is CN=C(NCCCc1ccc(OC)c(OC)c1)N1CCS(=O)(=O)C(C)(C)C1.I. The Bertz CT molecular complexity index is 781. The number of halogens is 1. The van der Waals surface area contributed by atoms with Gasteiger partial charge in [0.1, 0.15) is 0 Å². The molecule has 0 bridgehead atoms. The van der Waals surface area contributed by atoms with Gasteiger partial charge >= 0.3 is 0 Å². The van der Waals surface area contributed by atoms with Gasteiger partial charge in [0.15, 0.2) is 27.3 Å². The number of aryl methyl sites for hydroxylation is 1. The summed E-state index contributed by atoms with van der Waals surface area (Å²) in [5.41, 5.74) is 1.18. The Morgan fingerprint density at radius 3 is 2.50 bits per heavy atom. The minimum absolute atomic E-state index is 0. The highest BCUT2D eigenvalue weighted by Crippen LogP contribution is 2.28.